The third-order valence-corrected chi connectivity index (χ3v) is 3.49. The summed E-state index contributed by atoms with van der Waals surface area (Å²) in [5.41, 5.74) is 0. The predicted octanol–water partition coefficient (Wildman–Crippen LogP) is 2.50. The average Bonchev–Trinajstić information content (AvgIpc) is 2.39. The number of hydrogen-bond donors (Lipinski definition) is 0. The lowest BCUT2D eigenvalue weighted by atomic mass is 10.0. The Morgan fingerprint density at radius 2 is 2.36 bits per heavy atom. The van der Waals surface area contributed by atoms with Crippen molar-refractivity contribution in [3.63, 3.8) is 0 Å². The fourth-order valence-corrected chi connectivity index (χ4v) is 2.55. The molecule has 0 spiro atoms. The Morgan fingerprint density at radius 3 is 2.82 bits per heavy atom. The molecule has 0 aromatic rings. The van der Waals surface area contributed by atoms with Gasteiger partial charge in [-0.2, -0.15) is 11.8 Å². The summed E-state index contributed by atoms with van der Waals surface area (Å²) >= 11 is 1.97. The van der Waals surface area contributed by atoms with Crippen LogP contribution in [0.3, 0.4) is 0 Å². The first-order chi connectivity index (χ1) is 5.20. The van der Waals surface area contributed by atoms with Crippen LogP contribution < -0.4 is 0 Å². The lowest BCUT2D eigenvalue weighted by Gasteiger charge is -2.08. The van der Waals surface area contributed by atoms with Crippen LogP contribution in [0.15, 0.2) is 0 Å². The number of ketones is 1. The highest BCUT2D eigenvalue weighted by atomic mass is 32.2. The maximum atomic E-state index is 11.3. The molecule has 0 radical (unpaired) electrons. The molecule has 0 saturated carbocycles. The van der Waals surface area contributed by atoms with Crippen LogP contribution in [0.1, 0.15) is 33.1 Å². The second-order valence-corrected chi connectivity index (χ2v) is 4.87. The largest absolute Gasteiger partial charge is 0.299 e. The number of Topliss-reactive ketones (excluding diaryl/α,β-unsaturated/α-hetero) is 1. The third-order valence-electron chi connectivity index (χ3n) is 2.10. The average molecular weight is 172 g/mol. The van der Waals surface area contributed by atoms with Crippen LogP contribution in [0.4, 0.5) is 0 Å². The summed E-state index contributed by atoms with van der Waals surface area (Å²) in [5, 5.41) is 0.643. The van der Waals surface area contributed by atoms with E-state index in [1.54, 1.807) is 0 Å². The molecule has 1 saturated heterocycles. The summed E-state index contributed by atoms with van der Waals surface area (Å²) in [6.07, 6.45) is 3.37. The summed E-state index contributed by atoms with van der Waals surface area (Å²) in [6, 6.07) is 0. The number of rotatable bonds is 3. The zero-order valence-corrected chi connectivity index (χ0v) is 8.12. The molecule has 2 heteroatoms. The van der Waals surface area contributed by atoms with E-state index in [2.05, 4.69) is 0 Å². The van der Waals surface area contributed by atoms with E-state index in [9.17, 15) is 4.79 Å². The first kappa shape index (κ1) is 9.11. The van der Waals surface area contributed by atoms with Gasteiger partial charge in [-0.1, -0.05) is 13.8 Å². The minimum absolute atomic E-state index is 0.233. The number of thioether (sulfide) groups is 1. The summed E-state index contributed by atoms with van der Waals surface area (Å²) in [6.45, 7) is 3.98. The SMILES string of the molecule is CC(C)C(=O)CC1CCCS1. The zero-order valence-electron chi connectivity index (χ0n) is 7.30. The first-order valence-electron chi connectivity index (χ1n) is 4.34. The van der Waals surface area contributed by atoms with Crippen LogP contribution in [0.25, 0.3) is 0 Å². The molecule has 0 aromatic carbocycles. The predicted molar refractivity (Wildman–Crippen MR) is 49.9 cm³/mol. The van der Waals surface area contributed by atoms with E-state index >= 15 is 0 Å². The van der Waals surface area contributed by atoms with Crippen LogP contribution in [-0.4, -0.2) is 16.8 Å². The lowest BCUT2D eigenvalue weighted by molar-refractivity contribution is -0.121. The molecule has 11 heavy (non-hydrogen) atoms. The second-order valence-electron chi connectivity index (χ2n) is 3.46. The van der Waals surface area contributed by atoms with E-state index in [0.717, 1.165) is 6.42 Å². The van der Waals surface area contributed by atoms with Gasteiger partial charge in [0.1, 0.15) is 5.78 Å². The van der Waals surface area contributed by atoms with Crippen molar-refractivity contribution in [3.8, 4) is 0 Å². The fraction of sp³-hybridized carbons (Fsp3) is 0.889. The molecule has 0 amide bonds. The number of carbonyl (C=O) groups is 1. The first-order valence-corrected chi connectivity index (χ1v) is 5.39. The Labute approximate surface area is 72.9 Å². The van der Waals surface area contributed by atoms with Crippen LogP contribution in [0.2, 0.25) is 0 Å². The molecule has 64 valence electrons. The summed E-state index contributed by atoms with van der Waals surface area (Å²) in [5.74, 6) is 1.93. The maximum absolute atomic E-state index is 11.3. The number of hydrogen-bond acceptors (Lipinski definition) is 2. The van der Waals surface area contributed by atoms with E-state index in [-0.39, 0.29) is 5.92 Å². The highest BCUT2D eigenvalue weighted by Crippen LogP contribution is 2.29. The normalized spacial score (nSPS) is 24.5. The smallest absolute Gasteiger partial charge is 0.136 e. The topological polar surface area (TPSA) is 17.1 Å². The van der Waals surface area contributed by atoms with Gasteiger partial charge in [0.05, 0.1) is 0 Å². The van der Waals surface area contributed by atoms with Gasteiger partial charge in [-0.25, -0.2) is 0 Å². The molecule has 0 N–H and O–H groups in total. The maximum Gasteiger partial charge on any atom is 0.136 e. The molecule has 1 nitrogen and oxygen atoms in total. The highest BCUT2D eigenvalue weighted by Gasteiger charge is 2.19. The monoisotopic (exact) mass is 172 g/mol. The Bertz CT molecular complexity index is 136. The second kappa shape index (κ2) is 4.15. The molecular weight excluding hydrogens is 156 g/mol. The standard InChI is InChI=1S/C9H16OS/c1-7(2)9(10)6-8-4-3-5-11-8/h7-8H,3-6H2,1-2H3. The molecule has 1 atom stereocenters. The van der Waals surface area contributed by atoms with Crippen molar-refractivity contribution in [1.82, 2.24) is 0 Å². The van der Waals surface area contributed by atoms with Gasteiger partial charge < -0.3 is 0 Å². The van der Waals surface area contributed by atoms with Gasteiger partial charge in [0.2, 0.25) is 0 Å². The van der Waals surface area contributed by atoms with Crippen LogP contribution in [0.5, 0.6) is 0 Å². The Balaban J connectivity index is 2.24. The van der Waals surface area contributed by atoms with Gasteiger partial charge in [-0.05, 0) is 18.6 Å². The van der Waals surface area contributed by atoms with Crippen molar-refractivity contribution in [2.45, 2.75) is 38.4 Å². The van der Waals surface area contributed by atoms with E-state index in [1.807, 2.05) is 25.6 Å². The molecule has 0 bridgehead atoms. The van der Waals surface area contributed by atoms with E-state index in [1.165, 1.54) is 18.6 Å². The van der Waals surface area contributed by atoms with Crippen molar-refractivity contribution in [3.05, 3.63) is 0 Å². The van der Waals surface area contributed by atoms with Crippen LogP contribution in [0, 0.1) is 5.92 Å². The lowest BCUT2D eigenvalue weighted by Crippen LogP contribution is -2.12. The van der Waals surface area contributed by atoms with Gasteiger partial charge in [0.15, 0.2) is 0 Å². The van der Waals surface area contributed by atoms with Crippen molar-refractivity contribution in [1.29, 1.82) is 0 Å². The van der Waals surface area contributed by atoms with Crippen molar-refractivity contribution >= 4 is 17.5 Å². The molecule has 1 unspecified atom stereocenters. The Hall–Kier alpha value is 0.0200. The van der Waals surface area contributed by atoms with Crippen molar-refractivity contribution < 1.29 is 4.79 Å². The van der Waals surface area contributed by atoms with Crippen molar-refractivity contribution in [2.75, 3.05) is 5.75 Å². The fourth-order valence-electron chi connectivity index (χ4n) is 1.27. The van der Waals surface area contributed by atoms with E-state index in [4.69, 9.17) is 0 Å². The van der Waals surface area contributed by atoms with E-state index in [0.29, 0.717) is 11.0 Å². The van der Waals surface area contributed by atoms with Crippen molar-refractivity contribution in [2.24, 2.45) is 5.92 Å². The Morgan fingerprint density at radius 1 is 1.64 bits per heavy atom. The van der Waals surface area contributed by atoms with Crippen LogP contribution >= 0.6 is 11.8 Å². The van der Waals surface area contributed by atoms with Gasteiger partial charge in [0.25, 0.3) is 0 Å². The molecule has 1 aliphatic heterocycles. The number of carbonyl (C=O) groups excluding carboxylic acids is 1. The minimum Gasteiger partial charge on any atom is -0.299 e. The van der Waals surface area contributed by atoms with E-state index < -0.39 is 0 Å². The third kappa shape index (κ3) is 2.86. The molecule has 0 aliphatic carbocycles. The summed E-state index contributed by atoms with van der Waals surface area (Å²) < 4.78 is 0. The Kier molecular flexibility index (Phi) is 3.44. The van der Waals surface area contributed by atoms with Crippen LogP contribution in [-0.2, 0) is 4.79 Å². The quantitative estimate of drug-likeness (QED) is 0.650. The highest BCUT2D eigenvalue weighted by molar-refractivity contribution is 8.00. The molecule has 1 aliphatic rings. The zero-order chi connectivity index (χ0) is 8.27. The van der Waals surface area contributed by atoms with Gasteiger partial charge in [-0.15, -0.1) is 0 Å². The molecule has 1 fully saturated rings. The van der Waals surface area contributed by atoms with Gasteiger partial charge >= 0.3 is 0 Å². The van der Waals surface area contributed by atoms with Gasteiger partial charge in [0, 0.05) is 17.6 Å². The van der Waals surface area contributed by atoms with Gasteiger partial charge in [-0.3, -0.25) is 4.79 Å². The molecular formula is C9H16OS. The minimum atomic E-state index is 0.233. The molecule has 1 heterocycles. The molecule has 0 aromatic heterocycles. The molecule has 1 rings (SSSR count). The summed E-state index contributed by atoms with van der Waals surface area (Å²) in [4.78, 5) is 11.3. The summed E-state index contributed by atoms with van der Waals surface area (Å²) in [7, 11) is 0.